The third-order valence-corrected chi connectivity index (χ3v) is 13.9. The van der Waals surface area contributed by atoms with Crippen molar-refractivity contribution in [2.45, 2.75) is 126 Å². The Morgan fingerprint density at radius 2 is 0.848 bits per heavy atom. The molecule has 3 N–H and O–H groups in total. The summed E-state index contributed by atoms with van der Waals surface area (Å²) < 4.78 is 16.5. The molecule has 1 atom stereocenters. The highest BCUT2D eigenvalue weighted by Crippen LogP contribution is 2.56. The number of nitrogens with zero attached hydrogens (tertiary/aromatic N) is 3. The lowest BCUT2D eigenvalue weighted by atomic mass is 9.53. The van der Waals surface area contributed by atoms with Crippen molar-refractivity contribution in [1.29, 1.82) is 0 Å². The van der Waals surface area contributed by atoms with E-state index in [-0.39, 0.29) is 0 Å². The molecule has 14 rings (SSSR count). The average molecular weight is 635 g/mol. The minimum atomic E-state index is 0.359. The second-order valence-corrected chi connectivity index (χ2v) is 17.5. The van der Waals surface area contributed by atoms with Gasteiger partial charge in [0.15, 0.2) is 0 Å². The van der Waals surface area contributed by atoms with Crippen LogP contribution in [0.1, 0.15) is 109 Å². The highest BCUT2D eigenvalue weighted by atomic mass is 16.5. The summed E-state index contributed by atoms with van der Waals surface area (Å²) >= 11 is 0. The van der Waals surface area contributed by atoms with Crippen LogP contribution in [0.15, 0.2) is 15.0 Å². The summed E-state index contributed by atoms with van der Waals surface area (Å²) in [5, 5.41) is 10.8. The molecule has 0 radical (unpaired) electrons. The number of ether oxygens (including phenoxy) is 3. The summed E-state index contributed by atoms with van der Waals surface area (Å²) in [5.41, 5.74) is 0.718. The van der Waals surface area contributed by atoms with E-state index in [4.69, 9.17) is 14.2 Å². The van der Waals surface area contributed by atoms with E-state index >= 15 is 0 Å². The molecule has 0 amide bonds. The zero-order valence-corrected chi connectivity index (χ0v) is 28.0. The fraction of sp³-hybridized carbons (Fsp3) is 0.919. The molecule has 3 heterocycles. The van der Waals surface area contributed by atoms with Gasteiger partial charge in [0.1, 0.15) is 19.8 Å². The lowest BCUT2D eigenvalue weighted by Crippen LogP contribution is -2.59. The average Bonchev–Trinajstić information content (AvgIpc) is 3.83. The predicted molar refractivity (Wildman–Crippen MR) is 180 cm³/mol. The minimum absolute atomic E-state index is 0.359. The highest BCUT2D eigenvalue weighted by molar-refractivity contribution is 5.76. The van der Waals surface area contributed by atoms with Gasteiger partial charge in [-0.05, 0) is 144 Å². The van der Waals surface area contributed by atoms with Crippen LogP contribution in [0.2, 0.25) is 0 Å². The molecular formula is C37H58N6O3. The van der Waals surface area contributed by atoms with Gasteiger partial charge in [-0.3, -0.25) is 0 Å². The van der Waals surface area contributed by atoms with Crippen LogP contribution in [0.3, 0.4) is 0 Å². The number of hydrogen-bond acceptors (Lipinski definition) is 9. The standard InChI is InChI=1S/2C13H20N2O.C11H18N2O/c2*1-2-16-12(14-1)15-13-6-9-3-10(7-13)5-11(4-9)8-13;1-3-9-4-2-8(1)7-10(9)13-11-12-5-6-14-11/h2*9-11H,1-8H2,(H,14,15);8-10H,1-7H2,(H,12,13). The zero-order chi connectivity index (χ0) is 30.6. The maximum atomic E-state index is 5.53. The van der Waals surface area contributed by atoms with Crippen molar-refractivity contribution in [2.24, 2.45) is 62.3 Å². The van der Waals surface area contributed by atoms with Gasteiger partial charge in [0, 0.05) is 17.1 Å². The van der Waals surface area contributed by atoms with E-state index in [0.29, 0.717) is 17.1 Å². The zero-order valence-electron chi connectivity index (χ0n) is 28.0. The molecule has 0 aromatic heterocycles. The number of rotatable bonds is 3. The summed E-state index contributed by atoms with van der Waals surface area (Å²) in [7, 11) is 0. The van der Waals surface area contributed by atoms with Crippen LogP contribution in [0.25, 0.3) is 0 Å². The molecule has 0 saturated heterocycles. The molecule has 11 fully saturated rings. The van der Waals surface area contributed by atoms with Crippen molar-refractivity contribution in [3.8, 4) is 0 Å². The van der Waals surface area contributed by atoms with E-state index in [0.717, 1.165) is 105 Å². The van der Waals surface area contributed by atoms with Crippen molar-refractivity contribution < 1.29 is 14.2 Å². The minimum Gasteiger partial charge on any atom is -0.463 e. The van der Waals surface area contributed by atoms with E-state index in [1.54, 1.807) is 0 Å². The smallest absolute Gasteiger partial charge is 0.285 e. The lowest BCUT2D eigenvalue weighted by Gasteiger charge is -2.56. The van der Waals surface area contributed by atoms with Crippen molar-refractivity contribution in [3.05, 3.63) is 0 Å². The van der Waals surface area contributed by atoms with Gasteiger partial charge in [0.05, 0.1) is 19.6 Å². The SMILES string of the molecule is C1COC(NC23CC4CC(CC(C4)C2)C3)=N1.C1COC(NC23CC4CC(CC(C4)C2)C3)=N1.C1COC(NC2CC3CCC2CC3)=N1. The first-order valence-electron chi connectivity index (χ1n) is 19.4. The Morgan fingerprint density at radius 3 is 1.17 bits per heavy atom. The molecule has 10 bridgehead atoms. The predicted octanol–water partition coefficient (Wildman–Crippen LogP) is 5.40. The number of nitrogens with one attached hydrogen (secondary N) is 3. The first kappa shape index (κ1) is 29.9. The molecule has 9 nitrogen and oxygen atoms in total. The Bertz CT molecular complexity index is 1070. The van der Waals surface area contributed by atoms with Crippen LogP contribution in [-0.4, -0.2) is 74.6 Å². The van der Waals surface area contributed by atoms with Gasteiger partial charge in [0.2, 0.25) is 0 Å². The van der Waals surface area contributed by atoms with Gasteiger partial charge in [-0.25, -0.2) is 15.0 Å². The van der Waals surface area contributed by atoms with Crippen LogP contribution >= 0.6 is 0 Å². The van der Waals surface area contributed by atoms with Gasteiger partial charge < -0.3 is 30.2 Å². The molecule has 9 heteroatoms. The van der Waals surface area contributed by atoms with Crippen LogP contribution in [-0.2, 0) is 14.2 Å². The van der Waals surface area contributed by atoms with Crippen LogP contribution in [0, 0.1) is 47.3 Å². The maximum absolute atomic E-state index is 5.53. The molecule has 46 heavy (non-hydrogen) atoms. The molecule has 254 valence electrons. The molecule has 11 aliphatic carbocycles. The topological polar surface area (TPSA) is 101 Å². The van der Waals surface area contributed by atoms with Gasteiger partial charge in [-0.2, -0.15) is 0 Å². The summed E-state index contributed by atoms with van der Waals surface area (Å²) in [5.74, 6) is 7.77. The summed E-state index contributed by atoms with van der Waals surface area (Å²) in [6.07, 6.45) is 24.2. The van der Waals surface area contributed by atoms with E-state index < -0.39 is 0 Å². The monoisotopic (exact) mass is 634 g/mol. The lowest BCUT2D eigenvalue weighted by molar-refractivity contribution is -0.0129. The molecule has 14 aliphatic rings. The molecular weight excluding hydrogens is 576 g/mol. The Hall–Kier alpha value is -2.19. The molecule has 0 spiro atoms. The molecule has 3 aliphatic heterocycles. The van der Waals surface area contributed by atoms with Gasteiger partial charge in [0.25, 0.3) is 18.1 Å². The number of hydrogen-bond donors (Lipinski definition) is 3. The van der Waals surface area contributed by atoms with Gasteiger partial charge in [-0.15, -0.1) is 0 Å². The molecule has 1 unspecified atom stereocenters. The van der Waals surface area contributed by atoms with Crippen LogP contribution in [0.5, 0.6) is 0 Å². The summed E-state index contributed by atoms with van der Waals surface area (Å²) in [4.78, 5) is 13.1. The van der Waals surface area contributed by atoms with Crippen molar-refractivity contribution in [1.82, 2.24) is 16.0 Å². The number of aliphatic imine (C=N–C) groups is 3. The Labute approximate surface area is 276 Å². The van der Waals surface area contributed by atoms with E-state index in [2.05, 4.69) is 30.9 Å². The fourth-order valence-corrected chi connectivity index (χ4v) is 12.9. The maximum Gasteiger partial charge on any atom is 0.285 e. The normalized spacial score (nSPS) is 46.4. The quantitative estimate of drug-likeness (QED) is 0.384. The summed E-state index contributed by atoms with van der Waals surface area (Å²) in [6.45, 7) is 4.83. The van der Waals surface area contributed by atoms with E-state index in [9.17, 15) is 0 Å². The Morgan fingerprint density at radius 1 is 0.457 bits per heavy atom. The van der Waals surface area contributed by atoms with Crippen molar-refractivity contribution in [3.63, 3.8) is 0 Å². The van der Waals surface area contributed by atoms with Gasteiger partial charge >= 0.3 is 0 Å². The number of fused-ring (bicyclic) bond motifs is 3. The summed E-state index contributed by atoms with van der Waals surface area (Å²) in [6, 6.07) is 3.13. The largest absolute Gasteiger partial charge is 0.463 e. The third-order valence-electron chi connectivity index (χ3n) is 13.9. The fourth-order valence-electron chi connectivity index (χ4n) is 12.9. The number of amidine groups is 3. The second-order valence-electron chi connectivity index (χ2n) is 17.5. The van der Waals surface area contributed by atoms with Gasteiger partial charge in [-0.1, -0.05) is 12.8 Å². The van der Waals surface area contributed by atoms with Crippen LogP contribution in [0.4, 0.5) is 0 Å². The Balaban J connectivity index is 0.0000000954. The second kappa shape index (κ2) is 12.4. The Kier molecular flexibility index (Phi) is 8.04. The van der Waals surface area contributed by atoms with Crippen molar-refractivity contribution in [2.75, 3.05) is 39.5 Å². The molecule has 0 aromatic carbocycles. The molecule has 0 aromatic rings. The highest BCUT2D eigenvalue weighted by Gasteiger charge is 2.53. The van der Waals surface area contributed by atoms with Crippen molar-refractivity contribution >= 4 is 18.1 Å². The first-order valence-corrected chi connectivity index (χ1v) is 19.4. The third kappa shape index (κ3) is 6.34. The van der Waals surface area contributed by atoms with Crippen LogP contribution < -0.4 is 16.0 Å². The van der Waals surface area contributed by atoms with E-state index in [1.807, 2.05) is 0 Å². The first-order chi connectivity index (χ1) is 22.5. The van der Waals surface area contributed by atoms with E-state index in [1.165, 1.54) is 109 Å². The molecule has 11 saturated carbocycles.